The molecule has 25 heavy (non-hydrogen) atoms. The molecular weight excluding hydrogens is 322 g/mol. The molecule has 1 aromatic rings. The second kappa shape index (κ2) is 8.71. The lowest BCUT2D eigenvalue weighted by molar-refractivity contribution is -0.132. The van der Waals surface area contributed by atoms with E-state index in [1.807, 2.05) is 6.92 Å². The minimum Gasteiger partial charge on any atom is -0.497 e. The van der Waals surface area contributed by atoms with Gasteiger partial charge in [0, 0.05) is 44.7 Å². The second-order valence-corrected chi connectivity index (χ2v) is 6.26. The maximum absolute atomic E-state index is 12.8. The van der Waals surface area contributed by atoms with Crippen LogP contribution in [-0.4, -0.2) is 68.1 Å². The number of hydrogen-bond donors (Lipinski definition) is 1. The zero-order chi connectivity index (χ0) is 18.4. The third-order valence-electron chi connectivity index (χ3n) is 4.37. The summed E-state index contributed by atoms with van der Waals surface area (Å²) in [4.78, 5) is 28.5. The molecule has 1 unspecified atom stereocenters. The standard InChI is InChI=1S/C18H27N3O4/c1-13(19)4-7-17(22)20-8-10-21(11-9-20)18(23)15-6-5-14(24-2)12-16(15)25-3/h5-6,12-13H,4,7-11,19H2,1-3H3. The summed E-state index contributed by atoms with van der Waals surface area (Å²) in [5.74, 6) is 1.13. The molecule has 1 atom stereocenters. The number of hydrogen-bond acceptors (Lipinski definition) is 5. The Hall–Kier alpha value is -2.28. The van der Waals surface area contributed by atoms with E-state index in [9.17, 15) is 9.59 Å². The first-order valence-electron chi connectivity index (χ1n) is 8.51. The van der Waals surface area contributed by atoms with Crippen LogP contribution in [-0.2, 0) is 4.79 Å². The van der Waals surface area contributed by atoms with E-state index in [-0.39, 0.29) is 17.9 Å². The average Bonchev–Trinajstić information content (AvgIpc) is 2.65. The lowest BCUT2D eigenvalue weighted by atomic mass is 10.1. The highest BCUT2D eigenvalue weighted by Gasteiger charge is 2.26. The first-order chi connectivity index (χ1) is 12.0. The van der Waals surface area contributed by atoms with Crippen LogP contribution in [0.15, 0.2) is 18.2 Å². The van der Waals surface area contributed by atoms with Crippen molar-refractivity contribution in [1.29, 1.82) is 0 Å². The van der Waals surface area contributed by atoms with Gasteiger partial charge in [-0.1, -0.05) is 0 Å². The van der Waals surface area contributed by atoms with Gasteiger partial charge >= 0.3 is 0 Å². The molecule has 1 aliphatic rings. The predicted molar refractivity (Wildman–Crippen MR) is 94.9 cm³/mol. The summed E-state index contributed by atoms with van der Waals surface area (Å²) in [5, 5.41) is 0. The Balaban J connectivity index is 1.96. The van der Waals surface area contributed by atoms with Gasteiger partial charge in [-0.15, -0.1) is 0 Å². The topological polar surface area (TPSA) is 85.1 Å². The number of piperazine rings is 1. The zero-order valence-corrected chi connectivity index (χ0v) is 15.2. The van der Waals surface area contributed by atoms with Crippen molar-refractivity contribution >= 4 is 11.8 Å². The van der Waals surface area contributed by atoms with Gasteiger partial charge in [0.25, 0.3) is 5.91 Å². The molecule has 0 saturated carbocycles. The quantitative estimate of drug-likeness (QED) is 0.832. The lowest BCUT2D eigenvalue weighted by Gasteiger charge is -2.35. The molecule has 0 aliphatic carbocycles. The first-order valence-corrected chi connectivity index (χ1v) is 8.51. The monoisotopic (exact) mass is 349 g/mol. The number of benzene rings is 1. The smallest absolute Gasteiger partial charge is 0.257 e. The third-order valence-corrected chi connectivity index (χ3v) is 4.37. The Morgan fingerprint density at radius 3 is 2.32 bits per heavy atom. The molecule has 0 bridgehead atoms. The highest BCUT2D eigenvalue weighted by molar-refractivity contribution is 5.97. The van der Waals surface area contributed by atoms with Crippen LogP contribution in [0.1, 0.15) is 30.1 Å². The Kier molecular flexibility index (Phi) is 6.64. The third kappa shape index (κ3) is 4.85. The van der Waals surface area contributed by atoms with Gasteiger partial charge in [0.15, 0.2) is 0 Å². The van der Waals surface area contributed by atoms with Crippen molar-refractivity contribution in [3.63, 3.8) is 0 Å². The van der Waals surface area contributed by atoms with Crippen molar-refractivity contribution in [2.24, 2.45) is 5.73 Å². The molecule has 138 valence electrons. The van der Waals surface area contributed by atoms with Gasteiger partial charge in [-0.2, -0.15) is 0 Å². The first kappa shape index (κ1) is 19.1. The van der Waals surface area contributed by atoms with Gasteiger partial charge in [0.2, 0.25) is 5.91 Å². The largest absolute Gasteiger partial charge is 0.497 e. The van der Waals surface area contributed by atoms with E-state index in [2.05, 4.69) is 0 Å². The molecule has 2 rings (SSSR count). The van der Waals surface area contributed by atoms with Gasteiger partial charge in [-0.05, 0) is 25.5 Å². The van der Waals surface area contributed by atoms with Crippen LogP contribution < -0.4 is 15.2 Å². The van der Waals surface area contributed by atoms with Gasteiger partial charge in [-0.25, -0.2) is 0 Å². The minimum atomic E-state index is -0.0952. The Morgan fingerprint density at radius 2 is 1.76 bits per heavy atom. The fraction of sp³-hybridized carbons (Fsp3) is 0.556. The Morgan fingerprint density at radius 1 is 1.12 bits per heavy atom. The summed E-state index contributed by atoms with van der Waals surface area (Å²) in [6, 6.07) is 5.17. The van der Waals surface area contributed by atoms with E-state index < -0.39 is 0 Å². The van der Waals surface area contributed by atoms with Crippen LogP contribution in [0, 0.1) is 0 Å². The van der Waals surface area contributed by atoms with Crippen molar-refractivity contribution in [2.45, 2.75) is 25.8 Å². The average molecular weight is 349 g/mol. The number of nitrogens with zero attached hydrogens (tertiary/aromatic N) is 2. The number of carbonyl (C=O) groups is 2. The molecule has 7 heteroatoms. The zero-order valence-electron chi connectivity index (χ0n) is 15.2. The SMILES string of the molecule is COc1ccc(C(=O)N2CCN(C(=O)CCC(C)N)CC2)c(OC)c1. The number of carbonyl (C=O) groups excluding carboxylic acids is 2. The van der Waals surface area contributed by atoms with Crippen LogP contribution in [0.2, 0.25) is 0 Å². The fourth-order valence-corrected chi connectivity index (χ4v) is 2.81. The Bertz CT molecular complexity index is 610. The van der Waals surface area contributed by atoms with Crippen molar-refractivity contribution in [1.82, 2.24) is 9.80 Å². The minimum absolute atomic E-state index is 0.0225. The van der Waals surface area contributed by atoms with Gasteiger partial charge in [-0.3, -0.25) is 9.59 Å². The van der Waals surface area contributed by atoms with E-state index in [0.717, 1.165) is 0 Å². The van der Waals surface area contributed by atoms with Crippen LogP contribution in [0.25, 0.3) is 0 Å². The summed E-state index contributed by atoms with van der Waals surface area (Å²) in [7, 11) is 3.10. The van der Waals surface area contributed by atoms with Crippen molar-refractivity contribution in [2.75, 3.05) is 40.4 Å². The van der Waals surface area contributed by atoms with E-state index in [4.69, 9.17) is 15.2 Å². The second-order valence-electron chi connectivity index (χ2n) is 6.26. The maximum Gasteiger partial charge on any atom is 0.257 e. The van der Waals surface area contributed by atoms with Gasteiger partial charge in [0.1, 0.15) is 11.5 Å². The summed E-state index contributed by atoms with van der Waals surface area (Å²) in [5.41, 5.74) is 6.20. The van der Waals surface area contributed by atoms with E-state index in [0.29, 0.717) is 56.1 Å². The number of methoxy groups -OCH3 is 2. The van der Waals surface area contributed by atoms with E-state index in [1.54, 1.807) is 35.1 Å². The molecule has 2 amide bonds. The molecule has 1 fully saturated rings. The molecule has 2 N–H and O–H groups in total. The molecule has 1 saturated heterocycles. The van der Waals surface area contributed by atoms with Gasteiger partial charge < -0.3 is 25.0 Å². The lowest BCUT2D eigenvalue weighted by Crippen LogP contribution is -2.50. The van der Waals surface area contributed by atoms with Gasteiger partial charge in [0.05, 0.1) is 19.8 Å². The fourth-order valence-electron chi connectivity index (χ4n) is 2.81. The maximum atomic E-state index is 12.8. The number of nitrogens with two attached hydrogens (primary N) is 1. The molecule has 1 aromatic carbocycles. The summed E-state index contributed by atoms with van der Waals surface area (Å²) >= 11 is 0. The molecule has 0 radical (unpaired) electrons. The highest BCUT2D eigenvalue weighted by atomic mass is 16.5. The van der Waals surface area contributed by atoms with Crippen LogP contribution >= 0.6 is 0 Å². The Labute approximate surface area is 148 Å². The number of rotatable bonds is 6. The number of ether oxygens (including phenoxy) is 2. The van der Waals surface area contributed by atoms with E-state index >= 15 is 0 Å². The van der Waals surface area contributed by atoms with Crippen molar-refractivity contribution < 1.29 is 19.1 Å². The molecule has 7 nitrogen and oxygen atoms in total. The van der Waals surface area contributed by atoms with Crippen LogP contribution in [0.5, 0.6) is 11.5 Å². The summed E-state index contributed by atoms with van der Waals surface area (Å²) in [6.07, 6.45) is 1.14. The van der Waals surface area contributed by atoms with E-state index in [1.165, 1.54) is 7.11 Å². The highest BCUT2D eigenvalue weighted by Crippen LogP contribution is 2.26. The molecular formula is C18H27N3O4. The molecule has 0 spiro atoms. The number of amides is 2. The molecule has 1 heterocycles. The van der Waals surface area contributed by atoms with Crippen LogP contribution in [0.3, 0.4) is 0 Å². The van der Waals surface area contributed by atoms with Crippen molar-refractivity contribution in [3.05, 3.63) is 23.8 Å². The summed E-state index contributed by atoms with van der Waals surface area (Å²) < 4.78 is 10.5. The predicted octanol–water partition coefficient (Wildman–Crippen LogP) is 1.12. The summed E-state index contributed by atoms with van der Waals surface area (Å²) in [6.45, 7) is 4.01. The molecule has 0 aromatic heterocycles. The van der Waals surface area contributed by atoms with Crippen LogP contribution in [0.4, 0.5) is 0 Å². The van der Waals surface area contributed by atoms with Crippen molar-refractivity contribution in [3.8, 4) is 11.5 Å². The normalized spacial score (nSPS) is 15.7. The molecule has 1 aliphatic heterocycles.